The summed E-state index contributed by atoms with van der Waals surface area (Å²) in [6.45, 7) is 0. The average molecular weight is 366 g/mol. The number of benzene rings is 2. The second-order valence-electron chi connectivity index (χ2n) is 3.74. The molecule has 0 atom stereocenters. The van der Waals surface area contributed by atoms with Crippen molar-refractivity contribution >= 4 is 34.2 Å². The van der Waals surface area contributed by atoms with E-state index in [9.17, 15) is 9.18 Å². The third kappa shape index (κ3) is 3.09. The maximum absolute atomic E-state index is 13.4. The molecule has 0 fully saturated rings. The molecule has 0 bridgehead atoms. The van der Waals surface area contributed by atoms with E-state index < -0.39 is 5.82 Å². The number of halogens is 2. The van der Waals surface area contributed by atoms with Gasteiger partial charge >= 0.3 is 0 Å². The Labute approximate surface area is 123 Å². The molecule has 1 N–H and O–H groups in total. The van der Waals surface area contributed by atoms with Gasteiger partial charge in [-0.3, -0.25) is 4.79 Å². The van der Waals surface area contributed by atoms with Crippen LogP contribution in [0, 0.1) is 20.7 Å². The lowest BCUT2D eigenvalue weighted by Gasteiger charge is -2.07. The molecule has 0 aliphatic carbocycles. The summed E-state index contributed by atoms with van der Waals surface area (Å²) in [5, 5.41) is 11.4. The fourth-order valence-electron chi connectivity index (χ4n) is 1.54. The predicted octanol–water partition coefficient (Wildman–Crippen LogP) is 3.55. The Kier molecular flexibility index (Phi) is 4.12. The molecule has 2 rings (SSSR count). The predicted molar refractivity (Wildman–Crippen MR) is 78.2 cm³/mol. The number of nitriles is 1. The van der Waals surface area contributed by atoms with Crippen molar-refractivity contribution in [1.82, 2.24) is 0 Å². The molecule has 3 nitrogen and oxygen atoms in total. The summed E-state index contributed by atoms with van der Waals surface area (Å²) in [5.41, 5.74) is 0.459. The molecule has 0 aliphatic heterocycles. The summed E-state index contributed by atoms with van der Waals surface area (Å²) < 4.78 is 14.4. The van der Waals surface area contributed by atoms with Crippen molar-refractivity contribution in [2.24, 2.45) is 0 Å². The number of carbonyl (C=O) groups is 1. The van der Waals surface area contributed by atoms with Crippen molar-refractivity contribution < 1.29 is 9.18 Å². The Hall–Kier alpha value is -1.94. The normalized spacial score (nSPS) is 9.74. The van der Waals surface area contributed by atoms with Crippen molar-refractivity contribution in [3.05, 3.63) is 63.0 Å². The van der Waals surface area contributed by atoms with E-state index in [2.05, 4.69) is 27.9 Å². The highest BCUT2D eigenvalue weighted by Crippen LogP contribution is 2.18. The van der Waals surface area contributed by atoms with Gasteiger partial charge in [-0.1, -0.05) is 6.07 Å². The quantitative estimate of drug-likeness (QED) is 0.827. The number of rotatable bonds is 2. The molecule has 0 aromatic heterocycles. The summed E-state index contributed by atoms with van der Waals surface area (Å²) in [6, 6.07) is 12.8. The van der Waals surface area contributed by atoms with Crippen LogP contribution >= 0.6 is 22.6 Å². The molecule has 0 saturated carbocycles. The van der Waals surface area contributed by atoms with Gasteiger partial charge in [0.15, 0.2) is 0 Å². The van der Waals surface area contributed by atoms with E-state index in [4.69, 9.17) is 5.26 Å². The highest BCUT2D eigenvalue weighted by molar-refractivity contribution is 14.1. The second-order valence-corrected chi connectivity index (χ2v) is 4.98. The van der Waals surface area contributed by atoms with Crippen LogP contribution in [0.5, 0.6) is 0 Å². The molecule has 0 radical (unpaired) electrons. The molecule has 1 amide bonds. The number of nitrogens with one attached hydrogen (secondary N) is 1. The van der Waals surface area contributed by atoms with Gasteiger partial charge in [-0.2, -0.15) is 5.26 Å². The number of nitrogens with zero attached hydrogens (tertiary/aromatic N) is 1. The third-order valence-electron chi connectivity index (χ3n) is 2.48. The van der Waals surface area contributed by atoms with E-state index in [1.165, 1.54) is 18.2 Å². The number of amides is 1. The molecule has 0 aliphatic rings. The Morgan fingerprint density at radius 2 is 1.89 bits per heavy atom. The molecule has 0 unspecified atom stereocenters. The number of anilines is 1. The van der Waals surface area contributed by atoms with Crippen molar-refractivity contribution in [1.29, 1.82) is 5.26 Å². The largest absolute Gasteiger partial charge is 0.321 e. The molecule has 0 spiro atoms. The molecular formula is C14H8FIN2O. The number of hydrogen-bond donors (Lipinski definition) is 1. The topological polar surface area (TPSA) is 52.9 Å². The van der Waals surface area contributed by atoms with Crippen molar-refractivity contribution in [3.63, 3.8) is 0 Å². The van der Waals surface area contributed by atoms with E-state index in [0.29, 0.717) is 5.56 Å². The first-order valence-corrected chi connectivity index (χ1v) is 6.45. The lowest BCUT2D eigenvalue weighted by atomic mass is 10.1. The van der Waals surface area contributed by atoms with Crippen LogP contribution in [0.2, 0.25) is 0 Å². The average Bonchev–Trinajstić information content (AvgIpc) is 2.39. The molecule has 19 heavy (non-hydrogen) atoms. The van der Waals surface area contributed by atoms with Crippen LogP contribution < -0.4 is 5.32 Å². The van der Waals surface area contributed by atoms with Crippen LogP contribution in [0.25, 0.3) is 0 Å². The van der Waals surface area contributed by atoms with E-state index in [1.54, 1.807) is 30.3 Å². The van der Waals surface area contributed by atoms with Crippen LogP contribution in [0.1, 0.15) is 15.9 Å². The fraction of sp³-hybridized carbons (Fsp3) is 0. The smallest absolute Gasteiger partial charge is 0.255 e. The Bertz CT molecular complexity index is 662. The SMILES string of the molecule is N#Cc1c(F)cccc1NC(=O)c1ccc(I)cc1. The van der Waals surface area contributed by atoms with E-state index in [1.807, 2.05) is 0 Å². The third-order valence-corrected chi connectivity index (χ3v) is 3.20. The molecule has 0 heterocycles. The second kappa shape index (κ2) is 5.80. The monoisotopic (exact) mass is 366 g/mol. The van der Waals surface area contributed by atoms with Gasteiger partial charge in [0.2, 0.25) is 0 Å². The summed E-state index contributed by atoms with van der Waals surface area (Å²) in [7, 11) is 0. The van der Waals surface area contributed by atoms with Gasteiger partial charge in [0.25, 0.3) is 5.91 Å². The van der Waals surface area contributed by atoms with Crippen LogP contribution in [0.3, 0.4) is 0 Å². The van der Waals surface area contributed by atoms with Crippen LogP contribution in [-0.2, 0) is 0 Å². The van der Waals surface area contributed by atoms with Crippen molar-refractivity contribution in [2.75, 3.05) is 5.32 Å². The first-order chi connectivity index (χ1) is 9.11. The Morgan fingerprint density at radius 1 is 1.21 bits per heavy atom. The van der Waals surface area contributed by atoms with E-state index in [-0.39, 0.29) is 17.2 Å². The zero-order chi connectivity index (χ0) is 13.8. The number of hydrogen-bond acceptors (Lipinski definition) is 2. The summed E-state index contributed by atoms with van der Waals surface area (Å²) in [4.78, 5) is 12.0. The molecule has 2 aromatic carbocycles. The molecule has 94 valence electrons. The number of carbonyl (C=O) groups excluding carboxylic acids is 1. The highest BCUT2D eigenvalue weighted by atomic mass is 127. The summed E-state index contributed by atoms with van der Waals surface area (Å²) in [6.07, 6.45) is 0. The molecule has 2 aromatic rings. The first-order valence-electron chi connectivity index (χ1n) is 5.37. The molecule has 0 saturated heterocycles. The Balaban J connectivity index is 2.27. The summed E-state index contributed by atoms with van der Waals surface area (Å²) >= 11 is 2.13. The van der Waals surface area contributed by atoms with Gasteiger partial charge in [0, 0.05) is 9.13 Å². The highest BCUT2D eigenvalue weighted by Gasteiger charge is 2.11. The minimum atomic E-state index is -0.650. The minimum absolute atomic E-state index is 0.165. The van der Waals surface area contributed by atoms with Crippen molar-refractivity contribution in [2.45, 2.75) is 0 Å². The maximum atomic E-state index is 13.4. The fourth-order valence-corrected chi connectivity index (χ4v) is 1.90. The van der Waals surface area contributed by atoms with E-state index in [0.717, 1.165) is 3.57 Å². The van der Waals surface area contributed by atoms with Gasteiger partial charge in [-0.05, 0) is 59.0 Å². The lowest BCUT2D eigenvalue weighted by molar-refractivity contribution is 0.102. The van der Waals surface area contributed by atoms with Gasteiger partial charge in [-0.25, -0.2) is 4.39 Å². The van der Waals surface area contributed by atoms with Gasteiger partial charge < -0.3 is 5.32 Å². The summed E-state index contributed by atoms with van der Waals surface area (Å²) in [5.74, 6) is -1.03. The minimum Gasteiger partial charge on any atom is -0.321 e. The standard InChI is InChI=1S/C14H8FIN2O/c15-12-2-1-3-13(11(12)8-17)18-14(19)9-4-6-10(16)7-5-9/h1-7H,(H,18,19). The van der Waals surface area contributed by atoms with Crippen LogP contribution in [0.15, 0.2) is 42.5 Å². The molecule has 5 heteroatoms. The first kappa shape index (κ1) is 13.5. The molecular weight excluding hydrogens is 358 g/mol. The maximum Gasteiger partial charge on any atom is 0.255 e. The van der Waals surface area contributed by atoms with Crippen LogP contribution in [-0.4, -0.2) is 5.91 Å². The zero-order valence-corrected chi connectivity index (χ0v) is 11.8. The lowest BCUT2D eigenvalue weighted by Crippen LogP contribution is -2.13. The van der Waals surface area contributed by atoms with Gasteiger partial charge in [0.1, 0.15) is 17.4 Å². The van der Waals surface area contributed by atoms with Crippen LogP contribution in [0.4, 0.5) is 10.1 Å². The zero-order valence-electron chi connectivity index (χ0n) is 9.65. The van der Waals surface area contributed by atoms with Crippen molar-refractivity contribution in [3.8, 4) is 6.07 Å². The van der Waals surface area contributed by atoms with Gasteiger partial charge in [-0.15, -0.1) is 0 Å². The van der Waals surface area contributed by atoms with E-state index >= 15 is 0 Å². The van der Waals surface area contributed by atoms with Gasteiger partial charge in [0.05, 0.1) is 5.69 Å². The Morgan fingerprint density at radius 3 is 2.53 bits per heavy atom.